The lowest BCUT2D eigenvalue weighted by Crippen LogP contribution is -2.34. The second-order valence-corrected chi connectivity index (χ2v) is 3.46. The summed E-state index contributed by atoms with van der Waals surface area (Å²) >= 11 is 0. The lowest BCUT2D eigenvalue weighted by atomic mass is 10.4. The first-order valence-corrected chi connectivity index (χ1v) is 5.45. The Hall–Kier alpha value is -1.56. The third kappa shape index (κ3) is 3.54. The smallest absolute Gasteiger partial charge is 0.269 e. The minimum absolute atomic E-state index is 0.259. The summed E-state index contributed by atoms with van der Waals surface area (Å²) in [5.41, 5.74) is -0.0292. The summed E-state index contributed by atoms with van der Waals surface area (Å²) in [4.78, 5) is 24.5. The van der Waals surface area contributed by atoms with Crippen LogP contribution in [0.25, 0.3) is 0 Å². The number of hydrogen-bond donors (Lipinski definition) is 3. The largest absolute Gasteiger partial charge is 0.349 e. The molecular weight excluding hydrogens is 208 g/mol. The first-order valence-electron chi connectivity index (χ1n) is 5.45. The number of amides is 1. The molecule has 90 valence electrons. The van der Waals surface area contributed by atoms with E-state index in [0.29, 0.717) is 6.54 Å². The van der Waals surface area contributed by atoms with Gasteiger partial charge in [-0.2, -0.15) is 0 Å². The zero-order valence-corrected chi connectivity index (χ0v) is 9.67. The molecule has 0 radical (unpaired) electrons. The van der Waals surface area contributed by atoms with Crippen LogP contribution in [0.5, 0.6) is 0 Å². The highest BCUT2D eigenvalue weighted by Gasteiger charge is 2.07. The molecule has 0 bridgehead atoms. The number of nitrogens with one attached hydrogen (secondary N) is 3. The maximum absolute atomic E-state index is 11.5. The quantitative estimate of drug-likeness (QED) is 0.627. The van der Waals surface area contributed by atoms with Crippen LogP contribution >= 0.6 is 0 Å². The Balaban J connectivity index is 2.33. The maximum atomic E-state index is 11.5. The number of aromatic nitrogens is 2. The van der Waals surface area contributed by atoms with Crippen molar-refractivity contribution in [3.05, 3.63) is 22.1 Å². The summed E-state index contributed by atoms with van der Waals surface area (Å²) in [6.07, 6.45) is 0. The third-order valence-electron chi connectivity index (χ3n) is 2.45. The van der Waals surface area contributed by atoms with Gasteiger partial charge in [0.1, 0.15) is 5.69 Å². The van der Waals surface area contributed by atoms with Gasteiger partial charge in [-0.05, 0) is 13.1 Å². The highest BCUT2D eigenvalue weighted by molar-refractivity contribution is 5.92. The van der Waals surface area contributed by atoms with Gasteiger partial charge in [-0.1, -0.05) is 13.8 Å². The fourth-order valence-corrected chi connectivity index (χ4v) is 1.42. The van der Waals surface area contributed by atoms with Crippen LogP contribution in [0.15, 0.2) is 10.9 Å². The van der Waals surface area contributed by atoms with Crippen LogP contribution in [0, 0.1) is 0 Å². The average molecular weight is 226 g/mol. The molecule has 1 rings (SSSR count). The van der Waals surface area contributed by atoms with Gasteiger partial charge < -0.3 is 10.2 Å². The maximum Gasteiger partial charge on any atom is 0.269 e. The first-order chi connectivity index (χ1) is 7.67. The van der Waals surface area contributed by atoms with Crippen molar-refractivity contribution < 1.29 is 4.79 Å². The van der Waals surface area contributed by atoms with Gasteiger partial charge in [-0.25, -0.2) is 0 Å². The van der Waals surface area contributed by atoms with Gasteiger partial charge in [0.25, 0.3) is 11.5 Å². The number of carbonyl (C=O) groups excluding carboxylic acids is 1. The number of nitrogens with zero attached hydrogens (tertiary/aromatic N) is 1. The van der Waals surface area contributed by atoms with Gasteiger partial charge >= 0.3 is 0 Å². The topological polar surface area (TPSA) is 81.0 Å². The summed E-state index contributed by atoms with van der Waals surface area (Å²) < 4.78 is 0. The average Bonchev–Trinajstić information content (AvgIpc) is 2.71. The Bertz CT molecular complexity index is 378. The number of H-pyrrole nitrogens is 2. The molecule has 1 amide bonds. The molecule has 6 heteroatoms. The Morgan fingerprint density at radius 3 is 2.56 bits per heavy atom. The molecule has 0 aliphatic carbocycles. The summed E-state index contributed by atoms with van der Waals surface area (Å²) in [5, 5.41) is 7.57. The fourth-order valence-electron chi connectivity index (χ4n) is 1.42. The molecule has 0 fully saturated rings. The van der Waals surface area contributed by atoms with E-state index in [1.807, 2.05) is 0 Å². The van der Waals surface area contributed by atoms with E-state index < -0.39 is 0 Å². The van der Waals surface area contributed by atoms with Crippen molar-refractivity contribution in [3.8, 4) is 0 Å². The summed E-state index contributed by atoms with van der Waals surface area (Å²) in [5.74, 6) is -0.259. The van der Waals surface area contributed by atoms with E-state index in [4.69, 9.17) is 0 Å². The van der Waals surface area contributed by atoms with Gasteiger partial charge in [0.05, 0.1) is 0 Å². The summed E-state index contributed by atoms with van der Waals surface area (Å²) in [6, 6.07) is 1.24. The molecule has 0 unspecified atom stereocenters. The van der Waals surface area contributed by atoms with Crippen molar-refractivity contribution in [2.75, 3.05) is 26.2 Å². The predicted molar refractivity (Wildman–Crippen MR) is 61.5 cm³/mol. The lowest BCUT2D eigenvalue weighted by Gasteiger charge is -2.17. The van der Waals surface area contributed by atoms with Crippen LogP contribution in [0.1, 0.15) is 24.3 Å². The monoisotopic (exact) mass is 226 g/mol. The normalized spacial score (nSPS) is 10.7. The van der Waals surface area contributed by atoms with Crippen molar-refractivity contribution >= 4 is 5.91 Å². The van der Waals surface area contributed by atoms with Crippen molar-refractivity contribution in [1.29, 1.82) is 0 Å². The molecule has 0 aromatic carbocycles. The van der Waals surface area contributed by atoms with Crippen molar-refractivity contribution in [1.82, 2.24) is 20.4 Å². The summed E-state index contributed by atoms with van der Waals surface area (Å²) in [7, 11) is 0. The van der Waals surface area contributed by atoms with Crippen LogP contribution in [0.4, 0.5) is 0 Å². The van der Waals surface area contributed by atoms with E-state index >= 15 is 0 Å². The van der Waals surface area contributed by atoms with Crippen LogP contribution in [-0.2, 0) is 0 Å². The van der Waals surface area contributed by atoms with E-state index in [0.717, 1.165) is 19.6 Å². The molecule has 1 aromatic rings. The Morgan fingerprint density at radius 1 is 1.38 bits per heavy atom. The third-order valence-corrected chi connectivity index (χ3v) is 2.45. The van der Waals surface area contributed by atoms with E-state index in [9.17, 15) is 9.59 Å². The van der Waals surface area contributed by atoms with Crippen LogP contribution in [-0.4, -0.2) is 47.2 Å². The van der Waals surface area contributed by atoms with Crippen molar-refractivity contribution in [3.63, 3.8) is 0 Å². The molecule has 6 nitrogen and oxygen atoms in total. The van der Waals surface area contributed by atoms with Gasteiger partial charge in [0.2, 0.25) is 0 Å². The number of hydrogen-bond acceptors (Lipinski definition) is 3. The second-order valence-electron chi connectivity index (χ2n) is 3.46. The van der Waals surface area contributed by atoms with Crippen molar-refractivity contribution in [2.24, 2.45) is 0 Å². The molecule has 3 N–H and O–H groups in total. The standard InChI is InChI=1S/C10H18N4O2/c1-3-14(4-2)6-5-11-10(16)8-7-9(15)13-12-8/h7H,3-6H2,1-2H3,(H,11,16)(H2,12,13,15). The Labute approximate surface area is 94.0 Å². The number of likely N-dealkylation sites (N-methyl/N-ethyl adjacent to an activating group) is 1. The Kier molecular flexibility index (Phi) is 4.78. The van der Waals surface area contributed by atoms with Crippen LogP contribution < -0.4 is 10.9 Å². The number of rotatable bonds is 6. The molecule has 1 heterocycles. The zero-order chi connectivity index (χ0) is 12.0. The van der Waals surface area contributed by atoms with E-state index in [1.165, 1.54) is 6.07 Å². The second kappa shape index (κ2) is 6.12. The predicted octanol–water partition coefficient (Wildman–Crippen LogP) is -0.225. The highest BCUT2D eigenvalue weighted by Crippen LogP contribution is 1.88. The number of aromatic amines is 2. The van der Waals surface area contributed by atoms with Gasteiger partial charge in [-0.3, -0.25) is 19.8 Å². The molecule has 0 saturated heterocycles. The van der Waals surface area contributed by atoms with E-state index in [1.54, 1.807) is 0 Å². The first kappa shape index (κ1) is 12.5. The highest BCUT2D eigenvalue weighted by atomic mass is 16.2. The lowest BCUT2D eigenvalue weighted by molar-refractivity contribution is 0.0944. The molecule has 0 atom stereocenters. The van der Waals surface area contributed by atoms with Gasteiger partial charge in [-0.15, -0.1) is 0 Å². The van der Waals surface area contributed by atoms with Crippen LogP contribution in [0.3, 0.4) is 0 Å². The SMILES string of the molecule is CCN(CC)CCNC(=O)c1cc(=O)[nH][nH]1. The molecule has 0 aliphatic heterocycles. The molecule has 0 aliphatic rings. The number of carbonyl (C=O) groups is 1. The van der Waals surface area contributed by atoms with Gasteiger partial charge in [0.15, 0.2) is 0 Å². The minimum Gasteiger partial charge on any atom is -0.349 e. The van der Waals surface area contributed by atoms with Crippen molar-refractivity contribution in [2.45, 2.75) is 13.8 Å². The van der Waals surface area contributed by atoms with E-state index in [-0.39, 0.29) is 17.2 Å². The minimum atomic E-state index is -0.297. The zero-order valence-electron chi connectivity index (χ0n) is 9.67. The molecule has 1 aromatic heterocycles. The summed E-state index contributed by atoms with van der Waals surface area (Å²) in [6.45, 7) is 7.48. The molecular formula is C10H18N4O2. The van der Waals surface area contributed by atoms with Gasteiger partial charge in [0, 0.05) is 19.2 Å². The fraction of sp³-hybridized carbons (Fsp3) is 0.600. The molecule has 0 spiro atoms. The Morgan fingerprint density at radius 2 is 2.06 bits per heavy atom. The van der Waals surface area contributed by atoms with E-state index in [2.05, 4.69) is 34.3 Å². The molecule has 16 heavy (non-hydrogen) atoms. The van der Waals surface area contributed by atoms with Crippen LogP contribution in [0.2, 0.25) is 0 Å². The molecule has 0 saturated carbocycles.